The molecule has 3 amide bonds. The molecule has 2 fully saturated rings. The van der Waals surface area contributed by atoms with Crippen LogP contribution >= 0.6 is 10.6 Å². The summed E-state index contributed by atoms with van der Waals surface area (Å²) >= 11 is 0. The molecule has 2 aliphatic rings. The topological polar surface area (TPSA) is 134 Å². The van der Waals surface area contributed by atoms with E-state index in [9.17, 15) is 28.6 Å². The van der Waals surface area contributed by atoms with Crippen molar-refractivity contribution in [2.24, 2.45) is 0 Å². The van der Waals surface area contributed by atoms with Crippen LogP contribution < -0.4 is 4.90 Å². The summed E-state index contributed by atoms with van der Waals surface area (Å²) in [6, 6.07) is 11.0. The van der Waals surface area contributed by atoms with Gasteiger partial charge in [0.2, 0.25) is 0 Å². The second kappa shape index (κ2) is 12.6. The zero-order valence-corrected chi connectivity index (χ0v) is 24.2. The Morgan fingerprint density at radius 1 is 1.00 bits per heavy atom. The first-order valence-corrected chi connectivity index (χ1v) is 15.3. The van der Waals surface area contributed by atoms with Crippen LogP contribution in [0.3, 0.4) is 0 Å². The summed E-state index contributed by atoms with van der Waals surface area (Å²) in [5.74, 6) is -1.16. The van der Waals surface area contributed by atoms with Gasteiger partial charge in [-0.1, -0.05) is 18.2 Å². The monoisotopic (exact) mass is 592 g/mol. The maximum atomic E-state index is 15.0. The number of urea groups is 1. The highest BCUT2D eigenvalue weighted by Crippen LogP contribution is 2.40. The van der Waals surface area contributed by atoms with E-state index >= 15 is 4.39 Å². The predicted octanol–water partition coefficient (Wildman–Crippen LogP) is 4.38. The molecule has 4 rings (SSSR count). The fourth-order valence-corrected chi connectivity index (χ4v) is 6.49. The van der Waals surface area contributed by atoms with Gasteiger partial charge in [0.25, 0.3) is 0 Å². The van der Waals surface area contributed by atoms with Gasteiger partial charge in [-0.2, -0.15) is 10.6 Å². The molecule has 2 atom stereocenters. The zero-order valence-electron chi connectivity index (χ0n) is 23.4. The Hall–Kier alpha value is -3.39. The third-order valence-electron chi connectivity index (χ3n) is 7.67. The Morgan fingerprint density at radius 2 is 1.61 bits per heavy atom. The highest BCUT2D eigenvalue weighted by molar-refractivity contribution is 8.24. The third kappa shape index (κ3) is 7.28. The molecular weight excluding hydrogens is 555 g/mol. The van der Waals surface area contributed by atoms with Crippen molar-refractivity contribution in [1.82, 2.24) is 14.7 Å². The number of carbonyl (C=O) groups excluding carboxylic acids is 2. The fraction of sp³-hybridized carbons (Fsp3) is 0.464. The van der Waals surface area contributed by atoms with Crippen LogP contribution in [0.4, 0.5) is 19.7 Å². The van der Waals surface area contributed by atoms with Crippen LogP contribution in [0.1, 0.15) is 35.3 Å². The molecule has 0 spiro atoms. The summed E-state index contributed by atoms with van der Waals surface area (Å²) in [5.41, 5.74) is 1.77. The molecule has 2 saturated heterocycles. The van der Waals surface area contributed by atoms with E-state index in [1.54, 1.807) is 12.1 Å². The fourth-order valence-electron chi connectivity index (χ4n) is 5.27. The SMILES string of the molecule is COC(=O)c1ccc(CN(C(=O)N2CCS(O)(O)CC2)c2ccc(CN3[C@H](C)CN(C(=O)O)C[C@@H]3C)cc2)c(F)c1. The molecule has 2 aromatic carbocycles. The van der Waals surface area contributed by atoms with Crippen LogP contribution in [0, 0.1) is 5.82 Å². The first-order valence-electron chi connectivity index (χ1n) is 13.4. The Bertz CT molecular complexity index is 1260. The number of methoxy groups -OCH3 is 1. The first kappa shape index (κ1) is 30.6. The Kier molecular flexibility index (Phi) is 9.42. The first-order chi connectivity index (χ1) is 19.4. The third-order valence-corrected chi connectivity index (χ3v) is 9.34. The van der Waals surface area contributed by atoms with Gasteiger partial charge < -0.3 is 19.6 Å². The average Bonchev–Trinajstić information content (AvgIpc) is 2.93. The number of carboxylic acid groups (broad SMARTS) is 1. The molecule has 2 aromatic rings. The van der Waals surface area contributed by atoms with Gasteiger partial charge in [-0.25, -0.2) is 18.8 Å². The lowest BCUT2D eigenvalue weighted by atomic mass is 10.1. The second-order valence-corrected chi connectivity index (χ2v) is 13.0. The summed E-state index contributed by atoms with van der Waals surface area (Å²) in [4.78, 5) is 43.5. The number of nitrogens with zero attached hydrogens (tertiary/aromatic N) is 4. The number of amides is 3. The van der Waals surface area contributed by atoms with E-state index in [1.165, 1.54) is 33.9 Å². The van der Waals surface area contributed by atoms with Crippen LogP contribution in [0.15, 0.2) is 42.5 Å². The minimum atomic E-state index is -2.71. The predicted molar refractivity (Wildman–Crippen MR) is 154 cm³/mol. The Labute approximate surface area is 240 Å². The van der Waals surface area contributed by atoms with Crippen molar-refractivity contribution >= 4 is 34.4 Å². The van der Waals surface area contributed by atoms with E-state index < -0.39 is 34.5 Å². The number of piperazine rings is 1. The van der Waals surface area contributed by atoms with E-state index in [4.69, 9.17) is 0 Å². The standard InChI is InChI=1S/C28H37FN4O7S/c1-19-15-31(28(36)37)16-20(2)32(19)17-21-4-8-24(9-5-21)33(27(35)30-10-12-41(38,39)13-11-30)18-23-7-6-22(14-25(23)29)26(34)40-3/h4-9,14,19-20,38-39H,10-13,15-18H2,1-3H3,(H,36,37)/t19-,20+. The van der Waals surface area contributed by atoms with Crippen molar-refractivity contribution < 1.29 is 37.7 Å². The number of esters is 1. The lowest BCUT2D eigenvalue weighted by Gasteiger charge is -2.43. The summed E-state index contributed by atoms with van der Waals surface area (Å²) < 4.78 is 39.7. The van der Waals surface area contributed by atoms with Gasteiger partial charge in [0.1, 0.15) is 5.82 Å². The van der Waals surface area contributed by atoms with E-state index in [0.717, 1.165) is 11.6 Å². The van der Waals surface area contributed by atoms with Crippen LogP contribution in [0.5, 0.6) is 0 Å². The number of carbonyl (C=O) groups is 3. The quantitative estimate of drug-likeness (QED) is 0.421. The summed E-state index contributed by atoms with van der Waals surface area (Å²) in [5, 5.41) is 9.37. The summed E-state index contributed by atoms with van der Waals surface area (Å²) in [6.07, 6.45) is -0.924. The van der Waals surface area contributed by atoms with Crippen LogP contribution in [0.2, 0.25) is 0 Å². The van der Waals surface area contributed by atoms with Gasteiger partial charge in [0.05, 0.1) is 30.7 Å². The molecule has 2 heterocycles. The molecule has 0 aromatic heterocycles. The summed E-state index contributed by atoms with van der Waals surface area (Å²) in [7, 11) is -1.50. The molecule has 224 valence electrons. The molecule has 41 heavy (non-hydrogen) atoms. The summed E-state index contributed by atoms with van der Waals surface area (Å²) in [6.45, 7) is 5.64. The van der Waals surface area contributed by atoms with Gasteiger partial charge in [-0.3, -0.25) is 18.9 Å². The molecule has 13 heteroatoms. The normalized spacial score (nSPS) is 21.7. The molecule has 0 saturated carbocycles. The number of halogens is 1. The van der Waals surface area contributed by atoms with Crippen molar-refractivity contribution in [3.8, 4) is 0 Å². The number of rotatable bonds is 6. The minimum Gasteiger partial charge on any atom is -0.465 e. The highest BCUT2D eigenvalue weighted by Gasteiger charge is 2.32. The largest absolute Gasteiger partial charge is 0.465 e. The lowest BCUT2D eigenvalue weighted by molar-refractivity contribution is 0.0350. The molecule has 0 radical (unpaired) electrons. The zero-order chi connectivity index (χ0) is 29.9. The van der Waals surface area contributed by atoms with Gasteiger partial charge in [-0.05, 0) is 43.7 Å². The molecule has 0 unspecified atom stereocenters. The van der Waals surface area contributed by atoms with E-state index in [-0.39, 0.29) is 54.4 Å². The van der Waals surface area contributed by atoms with E-state index in [0.29, 0.717) is 25.3 Å². The van der Waals surface area contributed by atoms with Crippen molar-refractivity contribution in [3.05, 3.63) is 65.0 Å². The molecule has 11 nitrogen and oxygen atoms in total. The van der Waals surface area contributed by atoms with Gasteiger partial charge in [-0.15, -0.1) is 0 Å². The van der Waals surface area contributed by atoms with Crippen LogP contribution in [-0.4, -0.2) is 104 Å². The van der Waals surface area contributed by atoms with Crippen molar-refractivity contribution in [2.75, 3.05) is 49.7 Å². The number of hydrogen-bond donors (Lipinski definition) is 3. The molecule has 0 bridgehead atoms. The second-order valence-electron chi connectivity index (χ2n) is 10.6. The maximum absolute atomic E-state index is 15.0. The number of benzene rings is 2. The van der Waals surface area contributed by atoms with Crippen molar-refractivity contribution in [1.29, 1.82) is 0 Å². The van der Waals surface area contributed by atoms with E-state index in [2.05, 4.69) is 9.64 Å². The molecule has 2 aliphatic heterocycles. The van der Waals surface area contributed by atoms with Crippen LogP contribution in [-0.2, 0) is 17.8 Å². The molecule has 0 aliphatic carbocycles. The number of anilines is 1. The van der Waals surface area contributed by atoms with Crippen molar-refractivity contribution in [3.63, 3.8) is 0 Å². The Balaban J connectivity index is 1.55. The maximum Gasteiger partial charge on any atom is 0.407 e. The minimum absolute atomic E-state index is 0.0231. The van der Waals surface area contributed by atoms with Gasteiger partial charge in [0, 0.05) is 56.1 Å². The van der Waals surface area contributed by atoms with E-state index in [1.807, 2.05) is 26.0 Å². The van der Waals surface area contributed by atoms with Gasteiger partial charge in [0.15, 0.2) is 0 Å². The van der Waals surface area contributed by atoms with Gasteiger partial charge >= 0.3 is 18.1 Å². The highest BCUT2D eigenvalue weighted by atomic mass is 32.3. The number of hydrogen-bond acceptors (Lipinski definition) is 7. The average molecular weight is 593 g/mol. The van der Waals surface area contributed by atoms with Crippen molar-refractivity contribution in [2.45, 2.75) is 39.0 Å². The lowest BCUT2D eigenvalue weighted by Crippen LogP contribution is -2.57. The Morgan fingerprint density at radius 3 is 2.15 bits per heavy atom. The molecular formula is C28H37FN4O7S. The number of ether oxygens (including phenoxy) is 1. The van der Waals surface area contributed by atoms with Crippen LogP contribution in [0.25, 0.3) is 0 Å². The smallest absolute Gasteiger partial charge is 0.407 e. The molecule has 3 N–H and O–H groups in total.